The second-order valence-electron chi connectivity index (χ2n) is 10.4. The van der Waals surface area contributed by atoms with Crippen molar-refractivity contribution < 1.29 is 4.74 Å². The van der Waals surface area contributed by atoms with Crippen molar-refractivity contribution in [2.45, 2.75) is 154 Å². The van der Waals surface area contributed by atoms with Crippen molar-refractivity contribution in [3.8, 4) is 5.75 Å². The average molecular weight is 444 g/mol. The largest absolute Gasteiger partial charge is 0.466 e. The lowest BCUT2D eigenvalue weighted by Gasteiger charge is -2.24. The monoisotopic (exact) mass is 443 g/mol. The molecular formula is C30H53NO. The Hall–Kier alpha value is -1.18. The van der Waals surface area contributed by atoms with E-state index in [0.717, 1.165) is 17.9 Å². The standard InChI is InChI=1S/C30H53NO/c1-3-4-5-6-7-8-9-10-11-12-13-14-15-16-17-18-19-20-21-24-27-30(2)31-28-25-22-23-26-29(28)32-30/h22-23,25-26,31H,3-21,24,27H2,1-2H3. The highest BCUT2D eigenvalue weighted by molar-refractivity contribution is 5.61. The number of benzene rings is 1. The highest BCUT2D eigenvalue weighted by Crippen LogP contribution is 2.38. The average Bonchev–Trinajstić information content (AvgIpc) is 3.14. The summed E-state index contributed by atoms with van der Waals surface area (Å²) >= 11 is 0. The van der Waals surface area contributed by atoms with Crippen LogP contribution in [0.2, 0.25) is 0 Å². The van der Waals surface area contributed by atoms with Crippen LogP contribution in [0, 0.1) is 0 Å². The van der Waals surface area contributed by atoms with Gasteiger partial charge in [0.2, 0.25) is 0 Å². The van der Waals surface area contributed by atoms with E-state index < -0.39 is 0 Å². The Labute approximate surface area is 200 Å². The van der Waals surface area contributed by atoms with Gasteiger partial charge in [-0.2, -0.15) is 0 Å². The van der Waals surface area contributed by atoms with Crippen LogP contribution in [-0.2, 0) is 0 Å². The third-order valence-electron chi connectivity index (χ3n) is 7.13. The van der Waals surface area contributed by atoms with Crippen molar-refractivity contribution in [3.05, 3.63) is 24.3 Å². The smallest absolute Gasteiger partial charge is 0.178 e. The molecule has 0 fully saturated rings. The Morgan fingerprint density at radius 2 is 1.00 bits per heavy atom. The van der Waals surface area contributed by atoms with Gasteiger partial charge >= 0.3 is 0 Å². The molecule has 1 aromatic rings. The number of para-hydroxylation sites is 2. The quantitative estimate of drug-likeness (QED) is 0.191. The fourth-order valence-corrected chi connectivity index (χ4v) is 5.04. The van der Waals surface area contributed by atoms with E-state index in [2.05, 4.69) is 37.4 Å². The molecule has 0 aliphatic carbocycles. The van der Waals surface area contributed by atoms with Crippen molar-refractivity contribution in [3.63, 3.8) is 0 Å². The normalized spacial score (nSPS) is 17.2. The van der Waals surface area contributed by atoms with E-state index in [4.69, 9.17) is 4.74 Å². The van der Waals surface area contributed by atoms with Gasteiger partial charge in [0.05, 0.1) is 5.69 Å². The van der Waals surface area contributed by atoms with Crippen LogP contribution in [0.25, 0.3) is 0 Å². The molecule has 1 aromatic carbocycles. The molecule has 1 atom stereocenters. The van der Waals surface area contributed by atoms with Gasteiger partial charge in [0.1, 0.15) is 5.75 Å². The van der Waals surface area contributed by atoms with Crippen LogP contribution in [0.3, 0.4) is 0 Å². The first kappa shape index (κ1) is 27.1. The summed E-state index contributed by atoms with van der Waals surface area (Å²) in [7, 11) is 0. The maximum atomic E-state index is 6.12. The minimum atomic E-state index is -0.210. The van der Waals surface area contributed by atoms with Gasteiger partial charge in [0.25, 0.3) is 0 Å². The van der Waals surface area contributed by atoms with E-state index in [1.54, 1.807) is 0 Å². The molecule has 2 rings (SSSR count). The number of nitrogens with one attached hydrogen (secondary N) is 1. The first-order valence-corrected chi connectivity index (χ1v) is 14.3. The molecule has 184 valence electrons. The second kappa shape index (κ2) is 17.3. The molecule has 0 amide bonds. The minimum Gasteiger partial charge on any atom is -0.466 e. The first-order chi connectivity index (χ1) is 15.7. The van der Waals surface area contributed by atoms with Gasteiger partial charge in [0, 0.05) is 6.42 Å². The van der Waals surface area contributed by atoms with E-state index in [-0.39, 0.29) is 5.72 Å². The van der Waals surface area contributed by atoms with Gasteiger partial charge in [0.15, 0.2) is 5.72 Å². The molecule has 1 unspecified atom stereocenters. The first-order valence-electron chi connectivity index (χ1n) is 14.3. The molecule has 1 N–H and O–H groups in total. The second-order valence-corrected chi connectivity index (χ2v) is 10.4. The number of anilines is 1. The molecule has 0 radical (unpaired) electrons. The molecule has 1 aliphatic rings. The Balaban J connectivity index is 1.26. The highest BCUT2D eigenvalue weighted by atomic mass is 16.5. The number of hydrogen-bond acceptors (Lipinski definition) is 2. The maximum absolute atomic E-state index is 6.12. The molecule has 1 heterocycles. The Morgan fingerprint density at radius 1 is 0.594 bits per heavy atom. The summed E-state index contributed by atoms with van der Waals surface area (Å²) in [5, 5.41) is 3.55. The molecule has 2 heteroatoms. The number of rotatable bonds is 21. The number of unbranched alkanes of at least 4 members (excludes halogenated alkanes) is 19. The summed E-state index contributed by atoms with van der Waals surface area (Å²) in [6, 6.07) is 8.28. The predicted octanol–water partition coefficient (Wildman–Crippen LogP) is 10.4. The summed E-state index contributed by atoms with van der Waals surface area (Å²) in [5.74, 6) is 1.00. The Kier molecular flexibility index (Phi) is 14.6. The van der Waals surface area contributed by atoms with Gasteiger partial charge in [-0.3, -0.25) is 0 Å². The molecule has 1 aliphatic heterocycles. The van der Waals surface area contributed by atoms with Gasteiger partial charge in [-0.05, 0) is 25.5 Å². The van der Waals surface area contributed by atoms with Crippen molar-refractivity contribution in [1.29, 1.82) is 0 Å². The van der Waals surface area contributed by atoms with Crippen LogP contribution in [0.15, 0.2) is 24.3 Å². The summed E-state index contributed by atoms with van der Waals surface area (Å²) in [6.07, 6.45) is 29.7. The Morgan fingerprint density at radius 3 is 1.44 bits per heavy atom. The highest BCUT2D eigenvalue weighted by Gasteiger charge is 2.32. The van der Waals surface area contributed by atoms with Crippen LogP contribution in [0.4, 0.5) is 5.69 Å². The fraction of sp³-hybridized carbons (Fsp3) is 0.800. The number of hydrogen-bond donors (Lipinski definition) is 1. The zero-order chi connectivity index (χ0) is 22.7. The van der Waals surface area contributed by atoms with Crippen LogP contribution >= 0.6 is 0 Å². The number of fused-ring (bicyclic) bond motifs is 1. The van der Waals surface area contributed by atoms with Crippen molar-refractivity contribution >= 4 is 5.69 Å². The zero-order valence-corrected chi connectivity index (χ0v) is 21.6. The molecule has 0 saturated carbocycles. The van der Waals surface area contributed by atoms with Crippen molar-refractivity contribution in [2.24, 2.45) is 0 Å². The number of ether oxygens (including phenoxy) is 1. The van der Waals surface area contributed by atoms with Crippen LogP contribution < -0.4 is 10.1 Å². The lowest BCUT2D eigenvalue weighted by Crippen LogP contribution is -2.36. The molecule has 0 spiro atoms. The van der Waals surface area contributed by atoms with Gasteiger partial charge in [-0.1, -0.05) is 141 Å². The van der Waals surface area contributed by atoms with Gasteiger partial charge in [-0.25, -0.2) is 0 Å². The fourth-order valence-electron chi connectivity index (χ4n) is 5.04. The topological polar surface area (TPSA) is 21.3 Å². The molecular weight excluding hydrogens is 390 g/mol. The summed E-state index contributed by atoms with van der Waals surface area (Å²) < 4.78 is 6.12. The molecule has 0 aromatic heterocycles. The summed E-state index contributed by atoms with van der Waals surface area (Å²) in [6.45, 7) is 4.48. The lowest BCUT2D eigenvalue weighted by molar-refractivity contribution is 0.125. The van der Waals surface area contributed by atoms with Crippen LogP contribution in [-0.4, -0.2) is 5.72 Å². The lowest BCUT2D eigenvalue weighted by atomic mass is 10.0. The van der Waals surface area contributed by atoms with Crippen LogP contribution in [0.1, 0.15) is 149 Å². The SMILES string of the molecule is CCCCCCCCCCCCCCCCCCCCCCC1(C)Nc2ccccc2O1. The van der Waals surface area contributed by atoms with E-state index in [0.29, 0.717) is 0 Å². The Bertz CT molecular complexity index is 545. The summed E-state index contributed by atoms with van der Waals surface area (Å²) in [4.78, 5) is 0. The third kappa shape index (κ3) is 12.2. The van der Waals surface area contributed by atoms with E-state index in [1.165, 1.54) is 128 Å². The van der Waals surface area contributed by atoms with E-state index >= 15 is 0 Å². The maximum Gasteiger partial charge on any atom is 0.178 e. The third-order valence-corrected chi connectivity index (χ3v) is 7.13. The molecule has 32 heavy (non-hydrogen) atoms. The molecule has 0 saturated heterocycles. The van der Waals surface area contributed by atoms with E-state index in [1.807, 2.05) is 6.07 Å². The zero-order valence-electron chi connectivity index (χ0n) is 21.6. The minimum absolute atomic E-state index is 0.210. The predicted molar refractivity (Wildman–Crippen MR) is 142 cm³/mol. The van der Waals surface area contributed by atoms with E-state index in [9.17, 15) is 0 Å². The molecule has 2 nitrogen and oxygen atoms in total. The van der Waals surface area contributed by atoms with Crippen molar-refractivity contribution in [1.82, 2.24) is 0 Å². The van der Waals surface area contributed by atoms with Crippen molar-refractivity contribution in [2.75, 3.05) is 5.32 Å². The van der Waals surface area contributed by atoms with Gasteiger partial charge in [-0.15, -0.1) is 0 Å². The summed E-state index contributed by atoms with van der Waals surface area (Å²) in [5.41, 5.74) is 0.931. The van der Waals surface area contributed by atoms with Crippen LogP contribution in [0.5, 0.6) is 5.75 Å². The van der Waals surface area contributed by atoms with Gasteiger partial charge < -0.3 is 10.1 Å². The molecule has 0 bridgehead atoms.